The molecule has 39 heavy (non-hydrogen) atoms. The van der Waals surface area contributed by atoms with Gasteiger partial charge in [-0.05, 0) is 70.8 Å². The summed E-state index contributed by atoms with van der Waals surface area (Å²) in [6.07, 6.45) is 4.59. The third-order valence-electron chi connectivity index (χ3n) is 7.26. The van der Waals surface area contributed by atoms with Gasteiger partial charge < -0.3 is 14.8 Å². The van der Waals surface area contributed by atoms with Crippen molar-refractivity contribution < 1.29 is 9.47 Å². The van der Waals surface area contributed by atoms with Crippen molar-refractivity contribution in [1.29, 1.82) is 0 Å². The summed E-state index contributed by atoms with van der Waals surface area (Å²) in [4.78, 5) is 16.9. The van der Waals surface area contributed by atoms with Crippen LogP contribution < -0.4 is 15.7 Å². The minimum absolute atomic E-state index is 0.00705. The minimum atomic E-state index is -0.258. The van der Waals surface area contributed by atoms with Gasteiger partial charge in [-0.3, -0.25) is 4.57 Å². The van der Waals surface area contributed by atoms with E-state index < -0.39 is 0 Å². The van der Waals surface area contributed by atoms with Crippen molar-refractivity contribution in [3.63, 3.8) is 0 Å². The Labute approximate surface area is 227 Å². The molecule has 1 N–H and O–H groups in total. The van der Waals surface area contributed by atoms with E-state index in [9.17, 15) is 4.79 Å². The Hall–Kier alpha value is -4.26. The van der Waals surface area contributed by atoms with E-state index in [-0.39, 0.29) is 17.7 Å². The van der Waals surface area contributed by atoms with Gasteiger partial charge in [-0.1, -0.05) is 66.7 Å². The fourth-order valence-corrected chi connectivity index (χ4v) is 5.18. The van der Waals surface area contributed by atoms with Gasteiger partial charge in [0, 0.05) is 24.9 Å². The Bertz CT molecular complexity index is 1600. The van der Waals surface area contributed by atoms with E-state index in [1.54, 1.807) is 10.8 Å². The Balaban J connectivity index is 1.15. The summed E-state index contributed by atoms with van der Waals surface area (Å²) in [6, 6.07) is 32.3. The Morgan fingerprint density at radius 1 is 0.846 bits per heavy atom. The van der Waals surface area contributed by atoms with E-state index in [1.807, 2.05) is 60.8 Å². The van der Waals surface area contributed by atoms with Gasteiger partial charge in [-0.2, -0.15) is 0 Å². The zero-order valence-corrected chi connectivity index (χ0v) is 21.7. The lowest BCUT2D eigenvalue weighted by molar-refractivity contribution is 0.0104. The molecule has 0 saturated carbocycles. The molecule has 4 aromatic carbocycles. The largest absolute Gasteiger partial charge is 0.457 e. The first-order valence-corrected chi connectivity index (χ1v) is 13.4. The molecule has 1 fully saturated rings. The van der Waals surface area contributed by atoms with Crippen LogP contribution in [0.3, 0.4) is 0 Å². The van der Waals surface area contributed by atoms with Gasteiger partial charge in [0.2, 0.25) is 0 Å². The van der Waals surface area contributed by atoms with Crippen LogP contribution in [0, 0.1) is 0 Å². The van der Waals surface area contributed by atoms with Gasteiger partial charge in [0.1, 0.15) is 11.5 Å². The first-order chi connectivity index (χ1) is 19.2. The maximum atomic E-state index is 12.6. The van der Waals surface area contributed by atoms with Gasteiger partial charge in [0.15, 0.2) is 0 Å². The molecule has 2 heterocycles. The third kappa shape index (κ3) is 6.08. The number of nitrogens with one attached hydrogen (secondary N) is 1. The zero-order valence-electron chi connectivity index (χ0n) is 21.7. The van der Waals surface area contributed by atoms with Crippen LogP contribution in [0.15, 0.2) is 114 Å². The molecule has 0 spiro atoms. The highest BCUT2D eigenvalue weighted by atomic mass is 16.5. The summed E-state index contributed by atoms with van der Waals surface area (Å²) < 4.78 is 14.0. The van der Waals surface area contributed by atoms with Crippen molar-refractivity contribution in [3.05, 3.63) is 137 Å². The lowest BCUT2D eigenvalue weighted by Gasteiger charge is -2.32. The van der Waals surface area contributed by atoms with Gasteiger partial charge in [0.05, 0.1) is 19.3 Å². The third-order valence-corrected chi connectivity index (χ3v) is 7.26. The molecular weight excluding hydrogens is 486 g/mol. The van der Waals surface area contributed by atoms with Crippen molar-refractivity contribution >= 4 is 10.8 Å². The number of benzene rings is 4. The maximum Gasteiger partial charge on any atom is 0.347 e. The first kappa shape index (κ1) is 25.0. The van der Waals surface area contributed by atoms with Gasteiger partial charge in [-0.25, -0.2) is 9.78 Å². The molecule has 0 amide bonds. The summed E-state index contributed by atoms with van der Waals surface area (Å²) in [6.45, 7) is 2.65. The van der Waals surface area contributed by atoms with E-state index in [0.717, 1.165) is 47.7 Å². The van der Waals surface area contributed by atoms with Crippen LogP contribution in [-0.4, -0.2) is 28.7 Å². The number of ether oxygens (including phenoxy) is 2. The monoisotopic (exact) mass is 517 g/mol. The highest BCUT2D eigenvalue weighted by molar-refractivity contribution is 5.82. The fourth-order valence-electron chi connectivity index (χ4n) is 5.18. The van der Waals surface area contributed by atoms with Crippen LogP contribution in [0.25, 0.3) is 10.8 Å². The van der Waals surface area contributed by atoms with Crippen LogP contribution in [0.2, 0.25) is 0 Å². The smallest absolute Gasteiger partial charge is 0.347 e. The summed E-state index contributed by atoms with van der Waals surface area (Å²) in [5, 5.41) is 5.91. The van der Waals surface area contributed by atoms with Crippen LogP contribution in [0.5, 0.6) is 11.5 Å². The van der Waals surface area contributed by atoms with E-state index in [0.29, 0.717) is 13.2 Å². The van der Waals surface area contributed by atoms with Crippen molar-refractivity contribution in [2.45, 2.75) is 31.6 Å². The molecule has 1 aromatic heterocycles. The van der Waals surface area contributed by atoms with Gasteiger partial charge in [-0.15, -0.1) is 0 Å². The average Bonchev–Trinajstić information content (AvgIpc) is 2.99. The summed E-state index contributed by atoms with van der Waals surface area (Å²) in [5.41, 5.74) is 2.93. The van der Waals surface area contributed by atoms with Crippen LogP contribution in [0.1, 0.15) is 29.0 Å². The molecule has 5 aromatic rings. The number of fused-ring (bicyclic) bond motifs is 1. The van der Waals surface area contributed by atoms with E-state index in [2.05, 4.69) is 52.8 Å². The zero-order chi connectivity index (χ0) is 26.4. The molecule has 0 aliphatic carbocycles. The normalized spacial score (nSPS) is 17.2. The highest BCUT2D eigenvalue weighted by Crippen LogP contribution is 2.28. The summed E-state index contributed by atoms with van der Waals surface area (Å²) in [5.74, 6) is 1.70. The predicted octanol–water partition coefficient (Wildman–Crippen LogP) is 5.90. The highest BCUT2D eigenvalue weighted by Gasteiger charge is 2.28. The molecule has 2 unspecified atom stereocenters. The Morgan fingerprint density at radius 2 is 1.59 bits per heavy atom. The number of piperidine rings is 1. The predicted molar refractivity (Wildman–Crippen MR) is 153 cm³/mol. The lowest BCUT2D eigenvalue weighted by atomic mass is 9.89. The van der Waals surface area contributed by atoms with E-state index in [4.69, 9.17) is 9.47 Å². The Morgan fingerprint density at radius 3 is 2.44 bits per heavy atom. The number of hydrogen-bond acceptors (Lipinski definition) is 5. The average molecular weight is 518 g/mol. The second kappa shape index (κ2) is 11.6. The first-order valence-electron chi connectivity index (χ1n) is 13.4. The number of rotatable bonds is 8. The molecule has 1 aliphatic rings. The standard InChI is InChI=1S/C33H31N3O3/c37-33-35-19-28(22-36(33)21-24-11-14-30(15-12-24)39-29-8-2-1-3-9-29)31-16-17-34-20-32(31)38-23-25-10-13-26-6-4-5-7-27(26)18-25/h1-15,18-19,22,31-32,34H,16-17,20-21,23H2. The Kier molecular flexibility index (Phi) is 7.47. The maximum absolute atomic E-state index is 12.6. The summed E-state index contributed by atoms with van der Waals surface area (Å²) >= 11 is 0. The number of para-hydroxylation sites is 1. The van der Waals surface area contributed by atoms with Gasteiger partial charge in [0.25, 0.3) is 0 Å². The number of hydrogen-bond donors (Lipinski definition) is 1. The van der Waals surface area contributed by atoms with Crippen LogP contribution >= 0.6 is 0 Å². The van der Waals surface area contributed by atoms with Gasteiger partial charge >= 0.3 is 5.69 Å². The molecule has 0 radical (unpaired) electrons. The second-order valence-electron chi connectivity index (χ2n) is 9.99. The van der Waals surface area contributed by atoms with E-state index in [1.165, 1.54) is 10.8 Å². The van der Waals surface area contributed by atoms with Crippen molar-refractivity contribution in [3.8, 4) is 11.5 Å². The molecule has 0 bridgehead atoms. The molecule has 196 valence electrons. The van der Waals surface area contributed by atoms with Crippen molar-refractivity contribution in [1.82, 2.24) is 14.9 Å². The number of nitrogens with zero attached hydrogens (tertiary/aromatic N) is 2. The summed E-state index contributed by atoms with van der Waals surface area (Å²) in [7, 11) is 0. The molecule has 1 saturated heterocycles. The molecular formula is C33H31N3O3. The van der Waals surface area contributed by atoms with E-state index >= 15 is 0 Å². The molecule has 6 rings (SSSR count). The topological polar surface area (TPSA) is 65.4 Å². The lowest BCUT2D eigenvalue weighted by Crippen LogP contribution is -2.41. The molecule has 1 aliphatic heterocycles. The van der Waals surface area contributed by atoms with Crippen LogP contribution in [-0.2, 0) is 17.9 Å². The number of aromatic nitrogens is 2. The quantitative estimate of drug-likeness (QED) is 0.278. The molecule has 6 heteroatoms. The minimum Gasteiger partial charge on any atom is -0.457 e. The second-order valence-corrected chi connectivity index (χ2v) is 9.99. The van der Waals surface area contributed by atoms with Crippen molar-refractivity contribution in [2.24, 2.45) is 0 Å². The molecule has 2 atom stereocenters. The van der Waals surface area contributed by atoms with Crippen LogP contribution in [0.4, 0.5) is 0 Å². The molecule has 6 nitrogen and oxygen atoms in total. The fraction of sp³-hybridized carbons (Fsp3) is 0.212. The SMILES string of the molecule is O=c1ncc(C2CCNCC2OCc2ccc3ccccc3c2)cn1Cc1ccc(Oc2ccccc2)cc1. The van der Waals surface area contributed by atoms with Crippen molar-refractivity contribution in [2.75, 3.05) is 13.1 Å².